The third-order valence-corrected chi connectivity index (χ3v) is 4.38. The van der Waals surface area contributed by atoms with Gasteiger partial charge in [0.05, 0.1) is 11.6 Å². The number of para-hydroxylation sites is 1. The summed E-state index contributed by atoms with van der Waals surface area (Å²) in [5.74, 6) is 0.282. The molecule has 0 spiro atoms. The van der Waals surface area contributed by atoms with Crippen LogP contribution in [0.4, 0.5) is 5.69 Å². The number of aromatic amines is 1. The van der Waals surface area contributed by atoms with Crippen molar-refractivity contribution in [1.82, 2.24) is 25.5 Å². The first-order chi connectivity index (χ1) is 12.2. The maximum atomic E-state index is 12.7. The second kappa shape index (κ2) is 7.87. The van der Waals surface area contributed by atoms with Gasteiger partial charge in [0.1, 0.15) is 0 Å². The summed E-state index contributed by atoms with van der Waals surface area (Å²) in [6.07, 6.45) is 2.99. The van der Waals surface area contributed by atoms with Crippen molar-refractivity contribution in [3.8, 4) is 11.4 Å². The molecular formula is C17H22N6O2. The fourth-order valence-electron chi connectivity index (χ4n) is 3.09. The van der Waals surface area contributed by atoms with Gasteiger partial charge < -0.3 is 10.2 Å². The quantitative estimate of drug-likeness (QED) is 0.863. The molecule has 1 aromatic heterocycles. The van der Waals surface area contributed by atoms with Crippen molar-refractivity contribution < 1.29 is 9.59 Å². The molecule has 132 valence electrons. The number of likely N-dealkylation sites (tertiary alicyclic amines) is 1. The first-order valence-electron chi connectivity index (χ1n) is 8.60. The van der Waals surface area contributed by atoms with Crippen molar-refractivity contribution in [3.63, 3.8) is 0 Å². The molecule has 8 heteroatoms. The van der Waals surface area contributed by atoms with Crippen LogP contribution in [0.3, 0.4) is 0 Å². The topological polar surface area (TPSA) is 104 Å². The Balaban J connectivity index is 1.69. The van der Waals surface area contributed by atoms with Crippen LogP contribution in [0.25, 0.3) is 11.4 Å². The van der Waals surface area contributed by atoms with Gasteiger partial charge in [-0.15, -0.1) is 10.2 Å². The van der Waals surface area contributed by atoms with E-state index >= 15 is 0 Å². The summed E-state index contributed by atoms with van der Waals surface area (Å²) in [7, 11) is 0. The lowest BCUT2D eigenvalue weighted by Gasteiger charge is -2.32. The van der Waals surface area contributed by atoms with Gasteiger partial charge in [0.25, 0.3) is 0 Å². The number of H-pyrrole nitrogens is 1. The van der Waals surface area contributed by atoms with Crippen molar-refractivity contribution >= 4 is 17.5 Å². The largest absolute Gasteiger partial charge is 0.342 e. The molecule has 3 rings (SSSR count). The predicted molar refractivity (Wildman–Crippen MR) is 92.5 cm³/mol. The molecule has 1 fully saturated rings. The van der Waals surface area contributed by atoms with Crippen LogP contribution in [0.1, 0.15) is 32.6 Å². The molecular weight excluding hydrogens is 320 g/mol. The van der Waals surface area contributed by atoms with Gasteiger partial charge >= 0.3 is 0 Å². The monoisotopic (exact) mass is 342 g/mol. The number of nitrogens with one attached hydrogen (secondary N) is 2. The third-order valence-electron chi connectivity index (χ3n) is 4.38. The van der Waals surface area contributed by atoms with E-state index in [0.717, 1.165) is 25.8 Å². The molecule has 1 aromatic carbocycles. The van der Waals surface area contributed by atoms with E-state index in [9.17, 15) is 9.59 Å². The number of benzene rings is 1. The molecule has 0 bridgehead atoms. The summed E-state index contributed by atoms with van der Waals surface area (Å²) in [5, 5.41) is 16.9. The van der Waals surface area contributed by atoms with E-state index in [1.54, 1.807) is 0 Å². The average Bonchev–Trinajstić information content (AvgIpc) is 3.17. The number of aromatic nitrogens is 4. The van der Waals surface area contributed by atoms with E-state index < -0.39 is 0 Å². The number of amides is 2. The van der Waals surface area contributed by atoms with Crippen molar-refractivity contribution in [1.29, 1.82) is 0 Å². The first-order valence-corrected chi connectivity index (χ1v) is 8.60. The van der Waals surface area contributed by atoms with Crippen LogP contribution in [-0.2, 0) is 9.59 Å². The predicted octanol–water partition coefficient (Wildman–Crippen LogP) is 1.84. The molecule has 2 aromatic rings. The zero-order chi connectivity index (χ0) is 17.6. The van der Waals surface area contributed by atoms with Crippen LogP contribution in [0.15, 0.2) is 24.3 Å². The highest BCUT2D eigenvalue weighted by molar-refractivity contribution is 5.96. The van der Waals surface area contributed by atoms with Gasteiger partial charge in [-0.05, 0) is 36.6 Å². The van der Waals surface area contributed by atoms with E-state index in [4.69, 9.17) is 0 Å². The van der Waals surface area contributed by atoms with Crippen LogP contribution in [0, 0.1) is 5.92 Å². The molecule has 25 heavy (non-hydrogen) atoms. The van der Waals surface area contributed by atoms with Gasteiger partial charge in [0, 0.05) is 25.1 Å². The highest BCUT2D eigenvalue weighted by atomic mass is 16.2. The zero-order valence-electron chi connectivity index (χ0n) is 14.2. The highest BCUT2D eigenvalue weighted by Gasteiger charge is 2.28. The van der Waals surface area contributed by atoms with E-state index in [1.807, 2.05) is 36.1 Å². The molecule has 2 amide bonds. The second-order valence-electron chi connectivity index (χ2n) is 6.20. The molecule has 1 aliphatic rings. The number of hydrogen-bond donors (Lipinski definition) is 2. The van der Waals surface area contributed by atoms with Crippen molar-refractivity contribution in [2.24, 2.45) is 5.92 Å². The Morgan fingerprint density at radius 2 is 2.20 bits per heavy atom. The Morgan fingerprint density at radius 3 is 2.96 bits per heavy atom. The molecule has 8 nitrogen and oxygen atoms in total. The lowest BCUT2D eigenvalue weighted by atomic mass is 9.96. The molecule has 1 saturated heterocycles. The lowest BCUT2D eigenvalue weighted by Crippen LogP contribution is -2.43. The highest BCUT2D eigenvalue weighted by Crippen LogP contribution is 2.26. The van der Waals surface area contributed by atoms with E-state index in [2.05, 4.69) is 25.9 Å². The summed E-state index contributed by atoms with van der Waals surface area (Å²) in [4.78, 5) is 26.6. The number of carbonyl (C=O) groups is 2. The van der Waals surface area contributed by atoms with E-state index in [-0.39, 0.29) is 17.7 Å². The molecule has 1 aliphatic heterocycles. The van der Waals surface area contributed by atoms with Crippen molar-refractivity contribution in [3.05, 3.63) is 24.3 Å². The van der Waals surface area contributed by atoms with Crippen LogP contribution >= 0.6 is 0 Å². The Morgan fingerprint density at radius 1 is 1.36 bits per heavy atom. The lowest BCUT2D eigenvalue weighted by molar-refractivity contribution is -0.134. The standard InChI is InChI=1S/C17H22N6O2/c1-2-6-15(24)23-10-5-7-12(11-23)17(25)18-14-9-4-3-8-13(14)16-19-21-22-20-16/h3-4,8-9,12H,2,5-7,10-11H2,1H3,(H,18,25)(H,19,20,21,22). The molecule has 2 heterocycles. The number of rotatable bonds is 5. The molecule has 0 aliphatic carbocycles. The minimum Gasteiger partial charge on any atom is -0.342 e. The molecule has 1 atom stereocenters. The third kappa shape index (κ3) is 4.01. The van der Waals surface area contributed by atoms with Gasteiger partial charge in [-0.25, -0.2) is 0 Å². The average molecular weight is 342 g/mol. The molecule has 0 radical (unpaired) electrons. The zero-order valence-corrected chi connectivity index (χ0v) is 14.2. The van der Waals surface area contributed by atoms with Gasteiger partial charge in [0.15, 0.2) is 0 Å². The number of piperidine rings is 1. The number of hydrogen-bond acceptors (Lipinski definition) is 5. The Labute approximate surface area is 146 Å². The smallest absolute Gasteiger partial charge is 0.229 e. The van der Waals surface area contributed by atoms with Gasteiger partial charge in [0.2, 0.25) is 17.6 Å². The Kier molecular flexibility index (Phi) is 5.37. The summed E-state index contributed by atoms with van der Waals surface area (Å²) < 4.78 is 0. The normalized spacial score (nSPS) is 17.3. The first kappa shape index (κ1) is 17.1. The fraction of sp³-hybridized carbons (Fsp3) is 0.471. The molecule has 1 unspecified atom stereocenters. The SMILES string of the molecule is CCCC(=O)N1CCCC(C(=O)Nc2ccccc2-c2nn[nH]n2)C1. The second-order valence-corrected chi connectivity index (χ2v) is 6.20. The summed E-state index contributed by atoms with van der Waals surface area (Å²) in [6, 6.07) is 7.34. The maximum Gasteiger partial charge on any atom is 0.229 e. The molecule has 0 saturated carbocycles. The minimum absolute atomic E-state index is 0.0788. The van der Waals surface area contributed by atoms with Gasteiger partial charge in [-0.1, -0.05) is 19.1 Å². The van der Waals surface area contributed by atoms with E-state index in [0.29, 0.717) is 30.0 Å². The Bertz CT molecular complexity index is 730. The van der Waals surface area contributed by atoms with Gasteiger partial charge in [-0.2, -0.15) is 5.21 Å². The van der Waals surface area contributed by atoms with Crippen LogP contribution < -0.4 is 5.32 Å². The Hall–Kier alpha value is -2.77. The van der Waals surface area contributed by atoms with Crippen molar-refractivity contribution in [2.45, 2.75) is 32.6 Å². The summed E-state index contributed by atoms with van der Waals surface area (Å²) >= 11 is 0. The van der Waals surface area contributed by atoms with Gasteiger partial charge in [-0.3, -0.25) is 9.59 Å². The molecule has 2 N–H and O–H groups in total. The minimum atomic E-state index is -0.201. The number of nitrogens with zero attached hydrogens (tertiary/aromatic N) is 4. The van der Waals surface area contributed by atoms with Crippen molar-refractivity contribution in [2.75, 3.05) is 18.4 Å². The van der Waals surface area contributed by atoms with Crippen LogP contribution in [0.2, 0.25) is 0 Å². The fourth-order valence-corrected chi connectivity index (χ4v) is 3.09. The van der Waals surface area contributed by atoms with Crippen LogP contribution in [-0.4, -0.2) is 50.4 Å². The number of carbonyl (C=O) groups excluding carboxylic acids is 2. The number of tetrazole rings is 1. The summed E-state index contributed by atoms with van der Waals surface area (Å²) in [6.45, 7) is 3.21. The summed E-state index contributed by atoms with van der Waals surface area (Å²) in [5.41, 5.74) is 1.35. The van der Waals surface area contributed by atoms with Crippen LogP contribution in [0.5, 0.6) is 0 Å². The van der Waals surface area contributed by atoms with E-state index in [1.165, 1.54) is 0 Å². The number of anilines is 1. The maximum absolute atomic E-state index is 12.7.